The minimum Gasteiger partial charge on any atom is -0.506 e. The highest BCUT2D eigenvalue weighted by atomic mass is 16.7. The lowest BCUT2D eigenvalue weighted by Crippen LogP contribution is -2.70. The zero-order valence-corrected chi connectivity index (χ0v) is 38.1. The average molecular weight is 924 g/mol. The van der Waals surface area contributed by atoms with Gasteiger partial charge in [0.15, 0.2) is 17.5 Å². The number of hydrogen-bond acceptors (Lipinski definition) is 12. The van der Waals surface area contributed by atoms with E-state index >= 15 is 0 Å². The monoisotopic (exact) mass is 923 g/mol. The van der Waals surface area contributed by atoms with Gasteiger partial charge in [0, 0.05) is 53.8 Å². The molecule has 2 saturated carbocycles. The standard InChI is InChI=1S/C54H57N3O11/c1-64-44-23-33-22-37(31-9-5-6-10-31)47-42(59)27-57-26-40-32(11-7-15-35(40)52(57)62)12-8-20-65-51-48(60)45-28-66-43(19-17-36(44)50(46(33)49(47)61)68-53(67-45)54(51,63)29-58)39-25-56-41-18-16-30(21-38(39)41)24-55-34-13-3-2-4-14-34/h7,11,15-19,21-23,25,31,34,43,45,48,51,53,55-56,58,60-61,63H,2-6,9-10,12-14,24,26-29H2,1H3/b19-17+/t43-,45-,48-,51+,53-,54-/m1/s1. The number of Topliss-reactive ketones (excluding diaryl/α,β-unsaturated/α-hetero) is 1. The van der Waals surface area contributed by atoms with Crippen LogP contribution in [-0.4, -0.2) is 105 Å². The molecule has 14 nitrogen and oxygen atoms in total. The number of methoxy groups -OCH3 is 1. The number of aromatic hydroxyl groups is 1. The molecule has 5 aromatic rings. The lowest BCUT2D eigenvalue weighted by Gasteiger charge is -2.47. The number of phenols is 1. The Morgan fingerprint density at radius 3 is 2.63 bits per heavy atom. The van der Waals surface area contributed by atoms with Crippen LogP contribution in [0.25, 0.3) is 27.8 Å². The molecule has 354 valence electrons. The van der Waals surface area contributed by atoms with E-state index in [0.717, 1.165) is 58.8 Å². The van der Waals surface area contributed by atoms with Gasteiger partial charge < -0.3 is 59.3 Å². The first-order chi connectivity index (χ1) is 33.1. The summed E-state index contributed by atoms with van der Waals surface area (Å²) in [6.45, 7) is -0.636. The van der Waals surface area contributed by atoms with E-state index in [0.29, 0.717) is 40.4 Å². The third-order valence-corrected chi connectivity index (χ3v) is 15.2. The van der Waals surface area contributed by atoms with Crippen molar-refractivity contribution in [1.82, 2.24) is 15.2 Å². The molecule has 1 amide bonds. The summed E-state index contributed by atoms with van der Waals surface area (Å²) in [4.78, 5) is 33.8. The third kappa shape index (κ3) is 7.79. The topological polar surface area (TPSA) is 192 Å². The van der Waals surface area contributed by atoms with Gasteiger partial charge in [-0.2, -0.15) is 0 Å². The van der Waals surface area contributed by atoms with Crippen molar-refractivity contribution < 1.29 is 53.7 Å². The van der Waals surface area contributed by atoms with Crippen molar-refractivity contribution in [1.29, 1.82) is 0 Å². The largest absolute Gasteiger partial charge is 0.506 e. The number of nitrogens with zero attached hydrogens (tertiary/aromatic N) is 1. The third-order valence-electron chi connectivity index (χ3n) is 15.2. The maximum absolute atomic E-state index is 14.9. The van der Waals surface area contributed by atoms with E-state index in [1.165, 1.54) is 44.1 Å². The van der Waals surface area contributed by atoms with E-state index in [-0.39, 0.29) is 60.4 Å². The molecule has 14 heteroatoms. The predicted octanol–water partition coefficient (Wildman–Crippen LogP) is 6.83. The number of ketones is 1. The molecule has 4 aromatic carbocycles. The number of hydrogen-bond donors (Lipinski definition) is 6. The molecule has 1 saturated heterocycles. The Morgan fingerprint density at radius 2 is 1.82 bits per heavy atom. The minimum absolute atomic E-state index is 0.0250. The van der Waals surface area contributed by atoms with Gasteiger partial charge in [-0.15, -0.1) is 0 Å². The Bertz CT molecular complexity index is 2890. The zero-order valence-electron chi connectivity index (χ0n) is 38.1. The second kappa shape index (κ2) is 18.2. The molecule has 6 aliphatic rings. The maximum atomic E-state index is 14.9. The quantitative estimate of drug-likeness (QED) is 0.0935. The molecule has 0 unspecified atom stereocenters. The Hall–Kier alpha value is -5.92. The number of aromatic amines is 1. The Balaban J connectivity index is 1.10. The highest BCUT2D eigenvalue weighted by molar-refractivity contribution is 6.11. The van der Waals surface area contributed by atoms with Gasteiger partial charge >= 0.3 is 0 Å². The molecule has 0 spiro atoms. The number of amides is 1. The Kier molecular flexibility index (Phi) is 11.9. The van der Waals surface area contributed by atoms with E-state index in [4.69, 9.17) is 23.7 Å². The predicted molar refractivity (Wildman–Crippen MR) is 252 cm³/mol. The van der Waals surface area contributed by atoms with E-state index in [2.05, 4.69) is 40.5 Å². The number of nitrogens with one attached hydrogen (secondary N) is 2. The number of benzene rings is 4. The number of ether oxygens (including phenoxy) is 5. The van der Waals surface area contributed by atoms with Crippen LogP contribution in [-0.2, 0) is 33.7 Å². The smallest absolute Gasteiger partial charge is 0.254 e. The first-order valence-electron chi connectivity index (χ1n) is 24.1. The van der Waals surface area contributed by atoms with Crippen LogP contribution in [0.5, 0.6) is 17.2 Å². The molecule has 2 aliphatic carbocycles. The first kappa shape index (κ1) is 44.6. The molecule has 11 rings (SSSR count). The number of carbonyl (C=O) groups excluding carboxylic acids is 2. The summed E-state index contributed by atoms with van der Waals surface area (Å²) in [5.41, 5.74) is 3.36. The number of aliphatic hydroxyl groups is 3. The fourth-order valence-corrected chi connectivity index (χ4v) is 11.5. The molecule has 0 radical (unpaired) electrons. The summed E-state index contributed by atoms with van der Waals surface area (Å²) < 4.78 is 32.1. The van der Waals surface area contributed by atoms with Crippen LogP contribution in [0.1, 0.15) is 124 Å². The van der Waals surface area contributed by atoms with Gasteiger partial charge in [-0.25, -0.2) is 0 Å². The summed E-state index contributed by atoms with van der Waals surface area (Å²) in [7, 11) is 1.52. The number of fused-ring (bicyclic) bond motifs is 5. The Labute approximate surface area is 394 Å². The van der Waals surface area contributed by atoms with Gasteiger partial charge in [0.2, 0.25) is 6.29 Å². The normalized spacial score (nSPS) is 26.9. The Morgan fingerprint density at radius 1 is 1.00 bits per heavy atom. The van der Waals surface area contributed by atoms with Crippen LogP contribution in [0.4, 0.5) is 0 Å². The van der Waals surface area contributed by atoms with Crippen molar-refractivity contribution in [3.63, 3.8) is 0 Å². The van der Waals surface area contributed by atoms with Gasteiger partial charge in [-0.05, 0) is 95.6 Å². The summed E-state index contributed by atoms with van der Waals surface area (Å²) in [5, 5.41) is 53.8. The summed E-state index contributed by atoms with van der Waals surface area (Å²) >= 11 is 0. The van der Waals surface area contributed by atoms with Crippen molar-refractivity contribution in [2.24, 2.45) is 0 Å². The minimum atomic E-state index is -2.45. The number of aromatic nitrogens is 1. The van der Waals surface area contributed by atoms with E-state index in [1.54, 1.807) is 24.3 Å². The molecular formula is C54H57N3O11. The van der Waals surface area contributed by atoms with Gasteiger partial charge in [0.05, 0.1) is 43.4 Å². The van der Waals surface area contributed by atoms with E-state index in [1.807, 2.05) is 24.4 Å². The molecule has 3 fully saturated rings. The maximum Gasteiger partial charge on any atom is 0.254 e. The van der Waals surface area contributed by atoms with Crippen molar-refractivity contribution in [3.05, 3.63) is 105 Å². The van der Waals surface area contributed by atoms with Crippen LogP contribution in [0.3, 0.4) is 0 Å². The van der Waals surface area contributed by atoms with Crippen molar-refractivity contribution >= 4 is 39.4 Å². The second-order valence-corrected chi connectivity index (χ2v) is 19.3. The lowest BCUT2D eigenvalue weighted by molar-refractivity contribution is -0.328. The molecule has 68 heavy (non-hydrogen) atoms. The first-order valence-corrected chi connectivity index (χ1v) is 24.1. The number of phenolic OH excluding ortho intramolecular Hbond substituents is 1. The fraction of sp³-hybridized carbons (Fsp3) is 0.444. The molecule has 6 N–H and O–H groups in total. The van der Waals surface area contributed by atoms with E-state index in [9.17, 15) is 30.0 Å². The highest BCUT2D eigenvalue weighted by Gasteiger charge is 2.59. The van der Waals surface area contributed by atoms with Crippen molar-refractivity contribution in [2.45, 2.75) is 126 Å². The number of rotatable bonds is 7. The summed E-state index contributed by atoms with van der Waals surface area (Å²) in [5.74, 6) is 2.15. The van der Waals surface area contributed by atoms with Crippen LogP contribution >= 0.6 is 0 Å². The average Bonchev–Trinajstić information content (AvgIpc) is 4.11. The molecule has 6 atom stereocenters. The van der Waals surface area contributed by atoms with Gasteiger partial charge in [0.25, 0.3) is 5.91 Å². The highest BCUT2D eigenvalue weighted by Crippen LogP contribution is 2.50. The number of carbonyl (C=O) groups is 2. The van der Waals surface area contributed by atoms with E-state index < -0.39 is 48.7 Å². The summed E-state index contributed by atoms with van der Waals surface area (Å²) in [6.07, 6.45) is 11.0. The van der Waals surface area contributed by atoms with Crippen molar-refractivity contribution in [3.8, 4) is 29.3 Å². The van der Waals surface area contributed by atoms with Gasteiger partial charge in [-0.3, -0.25) is 9.59 Å². The molecule has 4 aliphatic heterocycles. The molecule has 1 aromatic heterocycles. The number of aliphatic hydroxyl groups excluding tert-OH is 2. The lowest BCUT2D eigenvalue weighted by atomic mass is 9.86. The van der Waals surface area contributed by atoms with Crippen LogP contribution in [0.2, 0.25) is 0 Å². The van der Waals surface area contributed by atoms with Gasteiger partial charge in [0.1, 0.15) is 41.7 Å². The van der Waals surface area contributed by atoms with Crippen molar-refractivity contribution in [2.75, 3.05) is 26.9 Å². The molecule has 8 bridgehead atoms. The van der Waals surface area contributed by atoms with Crippen LogP contribution < -0.4 is 14.8 Å². The zero-order chi connectivity index (χ0) is 46.7. The second-order valence-electron chi connectivity index (χ2n) is 19.3. The SMILES string of the molecule is COc1cc2cc(C3CCCC3)c3c(O)c2c2c1/C=C/[C@H](c1c[nH]c4ccc(CNC5CCCCC5)cc14)OC[C@H]1O[C@H](O2)[C@@](O)(CO)[C@@H](OC#CCc2cccc4c2CN(CC3=O)C4=O)[C@@H]1O. The number of H-pyrrole nitrogens is 1. The molecule has 5 heterocycles. The van der Waals surface area contributed by atoms with Crippen LogP contribution in [0, 0.1) is 12.0 Å². The fourth-order valence-electron chi connectivity index (χ4n) is 11.5. The van der Waals surface area contributed by atoms with Crippen LogP contribution in [0.15, 0.2) is 60.8 Å². The summed E-state index contributed by atoms with van der Waals surface area (Å²) in [6, 6.07) is 15.8. The van der Waals surface area contributed by atoms with Gasteiger partial charge in [-0.1, -0.05) is 62.3 Å². The molecular weight excluding hydrogens is 867 g/mol.